The summed E-state index contributed by atoms with van der Waals surface area (Å²) in [6.45, 7) is 4.00. The number of aliphatic hydroxyl groups excluding tert-OH is 1. The molecule has 0 amide bonds. The molecule has 0 fully saturated rings. The lowest BCUT2D eigenvalue weighted by atomic mass is 9.99. The van der Waals surface area contributed by atoms with Crippen LogP contribution in [-0.4, -0.2) is 23.4 Å². The highest BCUT2D eigenvalue weighted by molar-refractivity contribution is 5.41. The van der Waals surface area contributed by atoms with Crippen LogP contribution in [0.2, 0.25) is 0 Å². The van der Waals surface area contributed by atoms with Crippen LogP contribution in [0.5, 0.6) is 11.5 Å². The maximum Gasteiger partial charge on any atom is 0.160 e. The van der Waals surface area contributed by atoms with Gasteiger partial charge in [-0.25, -0.2) is 0 Å². The second-order valence-electron chi connectivity index (χ2n) is 4.36. The number of aliphatic hydroxyl groups is 1. The van der Waals surface area contributed by atoms with Gasteiger partial charge < -0.3 is 14.9 Å². The van der Waals surface area contributed by atoms with Crippen LogP contribution in [0.15, 0.2) is 18.2 Å². The zero-order valence-corrected chi connectivity index (χ0v) is 10.1. The third-order valence-electron chi connectivity index (χ3n) is 2.74. The Morgan fingerprint density at radius 1 is 1.31 bits per heavy atom. The lowest BCUT2D eigenvalue weighted by Gasteiger charge is -2.14. The summed E-state index contributed by atoms with van der Waals surface area (Å²) in [7, 11) is 1.53. The van der Waals surface area contributed by atoms with Crippen LogP contribution in [0.3, 0.4) is 0 Å². The molecule has 0 saturated heterocycles. The Kier molecular flexibility index (Phi) is 4.62. The highest BCUT2D eigenvalue weighted by Gasteiger charge is 2.10. The van der Waals surface area contributed by atoms with Crippen molar-refractivity contribution < 1.29 is 14.9 Å². The van der Waals surface area contributed by atoms with Gasteiger partial charge in [0.2, 0.25) is 0 Å². The van der Waals surface area contributed by atoms with E-state index in [2.05, 4.69) is 0 Å². The van der Waals surface area contributed by atoms with Gasteiger partial charge in [0.15, 0.2) is 11.5 Å². The van der Waals surface area contributed by atoms with Gasteiger partial charge in [-0.1, -0.05) is 19.9 Å². The molecule has 0 spiro atoms. The van der Waals surface area contributed by atoms with Crippen molar-refractivity contribution in [3.05, 3.63) is 23.8 Å². The summed E-state index contributed by atoms with van der Waals surface area (Å²) in [6, 6.07) is 5.28. The largest absolute Gasteiger partial charge is 0.504 e. The van der Waals surface area contributed by atoms with Crippen LogP contribution in [0, 0.1) is 5.92 Å². The summed E-state index contributed by atoms with van der Waals surface area (Å²) in [6.07, 6.45) is 1.24. The van der Waals surface area contributed by atoms with E-state index in [1.165, 1.54) is 7.11 Å². The molecule has 2 N–H and O–H groups in total. The molecule has 0 aromatic heterocycles. The first-order chi connectivity index (χ1) is 7.54. The van der Waals surface area contributed by atoms with Crippen molar-refractivity contribution in [1.82, 2.24) is 0 Å². The van der Waals surface area contributed by atoms with Gasteiger partial charge in [-0.3, -0.25) is 0 Å². The van der Waals surface area contributed by atoms with Gasteiger partial charge in [-0.2, -0.15) is 0 Å². The van der Waals surface area contributed by atoms with E-state index in [4.69, 9.17) is 4.74 Å². The predicted molar refractivity (Wildman–Crippen MR) is 63.8 cm³/mol. The van der Waals surface area contributed by atoms with Gasteiger partial charge in [0, 0.05) is 0 Å². The Bertz CT molecular complexity index is 334. The van der Waals surface area contributed by atoms with Gasteiger partial charge in [0.1, 0.15) is 0 Å². The minimum atomic E-state index is -0.278. The summed E-state index contributed by atoms with van der Waals surface area (Å²) in [4.78, 5) is 0. The average molecular weight is 224 g/mol. The molecule has 1 atom stereocenters. The zero-order chi connectivity index (χ0) is 12.1. The number of benzene rings is 1. The highest BCUT2D eigenvalue weighted by Crippen LogP contribution is 2.27. The molecule has 16 heavy (non-hydrogen) atoms. The van der Waals surface area contributed by atoms with E-state index in [9.17, 15) is 10.2 Å². The number of aryl methyl sites for hydroxylation is 1. The van der Waals surface area contributed by atoms with Crippen molar-refractivity contribution in [2.45, 2.75) is 32.8 Å². The van der Waals surface area contributed by atoms with Gasteiger partial charge in [-0.05, 0) is 36.5 Å². The van der Waals surface area contributed by atoms with E-state index in [1.54, 1.807) is 6.07 Å². The van der Waals surface area contributed by atoms with Crippen LogP contribution in [0.4, 0.5) is 0 Å². The van der Waals surface area contributed by atoms with Crippen molar-refractivity contribution in [2.24, 2.45) is 5.92 Å². The standard InChI is InChI=1S/C13H20O3/c1-9(2)11(14)6-4-10-5-7-12(15)13(8-10)16-3/h5,7-9,11,14-15H,4,6H2,1-3H3. The van der Waals surface area contributed by atoms with Crippen molar-refractivity contribution in [3.8, 4) is 11.5 Å². The molecule has 0 radical (unpaired) electrons. The molecule has 1 aromatic rings. The Morgan fingerprint density at radius 2 is 2.00 bits per heavy atom. The van der Waals surface area contributed by atoms with Crippen molar-refractivity contribution in [2.75, 3.05) is 7.11 Å². The summed E-state index contributed by atoms with van der Waals surface area (Å²) in [5, 5.41) is 19.1. The molecule has 1 rings (SSSR count). The SMILES string of the molecule is COc1cc(CCC(O)C(C)C)ccc1O. The van der Waals surface area contributed by atoms with Gasteiger partial charge >= 0.3 is 0 Å². The third kappa shape index (κ3) is 3.42. The number of methoxy groups -OCH3 is 1. The van der Waals surface area contributed by atoms with E-state index in [-0.39, 0.29) is 17.8 Å². The molecule has 0 heterocycles. The van der Waals surface area contributed by atoms with E-state index in [1.807, 2.05) is 26.0 Å². The smallest absolute Gasteiger partial charge is 0.160 e. The first-order valence-electron chi connectivity index (χ1n) is 5.58. The van der Waals surface area contributed by atoms with Crippen LogP contribution < -0.4 is 4.74 Å². The number of hydrogen-bond acceptors (Lipinski definition) is 3. The second kappa shape index (κ2) is 5.75. The second-order valence-corrected chi connectivity index (χ2v) is 4.36. The van der Waals surface area contributed by atoms with Crippen LogP contribution in [-0.2, 0) is 6.42 Å². The number of phenolic OH excluding ortho intramolecular Hbond substituents is 1. The Balaban J connectivity index is 2.61. The number of phenols is 1. The number of hydrogen-bond donors (Lipinski definition) is 2. The fraction of sp³-hybridized carbons (Fsp3) is 0.538. The molecule has 0 bridgehead atoms. The van der Waals surface area contributed by atoms with Gasteiger partial charge in [0.25, 0.3) is 0 Å². The molecular weight excluding hydrogens is 204 g/mol. The van der Waals surface area contributed by atoms with E-state index in [0.717, 1.165) is 18.4 Å². The molecule has 1 unspecified atom stereocenters. The summed E-state index contributed by atoms with van der Waals surface area (Å²) in [5.74, 6) is 0.909. The molecule has 3 nitrogen and oxygen atoms in total. The fourth-order valence-corrected chi connectivity index (χ4v) is 1.53. The summed E-state index contributed by atoms with van der Waals surface area (Å²) >= 11 is 0. The predicted octanol–water partition coefficient (Wildman–Crippen LogP) is 2.35. The molecule has 0 aliphatic carbocycles. The highest BCUT2D eigenvalue weighted by atomic mass is 16.5. The lowest BCUT2D eigenvalue weighted by Crippen LogP contribution is -2.15. The van der Waals surface area contributed by atoms with Gasteiger partial charge in [-0.15, -0.1) is 0 Å². The topological polar surface area (TPSA) is 49.7 Å². The molecule has 0 aliphatic heterocycles. The fourth-order valence-electron chi connectivity index (χ4n) is 1.53. The van der Waals surface area contributed by atoms with E-state index in [0.29, 0.717) is 5.75 Å². The van der Waals surface area contributed by atoms with Crippen molar-refractivity contribution >= 4 is 0 Å². The Hall–Kier alpha value is -1.22. The quantitative estimate of drug-likeness (QED) is 0.807. The molecule has 90 valence electrons. The first kappa shape index (κ1) is 12.8. The zero-order valence-electron chi connectivity index (χ0n) is 10.1. The van der Waals surface area contributed by atoms with Crippen LogP contribution in [0.1, 0.15) is 25.8 Å². The third-order valence-corrected chi connectivity index (χ3v) is 2.74. The molecule has 0 aliphatic rings. The molecule has 0 saturated carbocycles. The monoisotopic (exact) mass is 224 g/mol. The van der Waals surface area contributed by atoms with Crippen molar-refractivity contribution in [1.29, 1.82) is 0 Å². The van der Waals surface area contributed by atoms with E-state index >= 15 is 0 Å². The minimum absolute atomic E-state index is 0.149. The number of ether oxygens (including phenoxy) is 1. The van der Waals surface area contributed by atoms with Crippen molar-refractivity contribution in [3.63, 3.8) is 0 Å². The van der Waals surface area contributed by atoms with E-state index < -0.39 is 0 Å². The lowest BCUT2D eigenvalue weighted by molar-refractivity contribution is 0.116. The molecule has 1 aromatic carbocycles. The summed E-state index contributed by atoms with van der Waals surface area (Å²) in [5.41, 5.74) is 1.06. The Labute approximate surface area is 96.7 Å². The number of rotatable bonds is 5. The average Bonchev–Trinajstić information content (AvgIpc) is 2.27. The maximum absolute atomic E-state index is 9.69. The minimum Gasteiger partial charge on any atom is -0.504 e. The summed E-state index contributed by atoms with van der Waals surface area (Å²) < 4.78 is 5.03. The number of aromatic hydroxyl groups is 1. The Morgan fingerprint density at radius 3 is 2.56 bits per heavy atom. The van der Waals surface area contributed by atoms with Crippen LogP contribution in [0.25, 0.3) is 0 Å². The van der Waals surface area contributed by atoms with Crippen LogP contribution >= 0.6 is 0 Å². The molecular formula is C13H20O3. The first-order valence-corrected chi connectivity index (χ1v) is 5.58. The maximum atomic E-state index is 9.69. The molecule has 3 heteroatoms. The van der Waals surface area contributed by atoms with Gasteiger partial charge in [0.05, 0.1) is 13.2 Å². The normalized spacial score (nSPS) is 12.8.